The van der Waals surface area contributed by atoms with Gasteiger partial charge < -0.3 is 14.8 Å². The van der Waals surface area contributed by atoms with Crippen LogP contribution in [-0.4, -0.2) is 41.6 Å². The SMILES string of the molecule is COc1ccc(CCCNC(=O)CN(c2ccc(C(C)C)cc2)S(=O)(=O)c2ccccc2)cc1OC. The predicted octanol–water partition coefficient (Wildman–Crippen LogP) is 4.77. The van der Waals surface area contributed by atoms with Gasteiger partial charge in [-0.25, -0.2) is 8.42 Å². The minimum atomic E-state index is -3.92. The molecule has 0 aliphatic carbocycles. The molecular weight excluding hydrogens is 476 g/mol. The van der Waals surface area contributed by atoms with E-state index in [-0.39, 0.29) is 17.3 Å². The van der Waals surface area contributed by atoms with E-state index in [0.717, 1.165) is 21.9 Å². The van der Waals surface area contributed by atoms with Crippen LogP contribution in [-0.2, 0) is 21.2 Å². The number of hydrogen-bond acceptors (Lipinski definition) is 5. The third kappa shape index (κ3) is 6.79. The number of rotatable bonds is 12. The Morgan fingerprint density at radius 1 is 0.917 bits per heavy atom. The van der Waals surface area contributed by atoms with Gasteiger partial charge in [-0.3, -0.25) is 9.10 Å². The van der Waals surface area contributed by atoms with Gasteiger partial charge in [0.1, 0.15) is 6.54 Å². The Morgan fingerprint density at radius 3 is 2.19 bits per heavy atom. The van der Waals surface area contributed by atoms with Gasteiger partial charge in [0, 0.05) is 6.54 Å². The summed E-state index contributed by atoms with van der Waals surface area (Å²) in [7, 11) is -0.742. The molecule has 0 saturated heterocycles. The third-order valence-corrected chi connectivity index (χ3v) is 7.67. The maximum absolute atomic E-state index is 13.4. The van der Waals surface area contributed by atoms with Crippen molar-refractivity contribution in [2.75, 3.05) is 31.6 Å². The number of nitrogens with one attached hydrogen (secondary N) is 1. The van der Waals surface area contributed by atoms with Crippen LogP contribution in [0.3, 0.4) is 0 Å². The number of benzene rings is 3. The molecular formula is C28H34N2O5S. The normalized spacial score (nSPS) is 11.2. The number of carbonyl (C=O) groups is 1. The van der Waals surface area contributed by atoms with Crippen molar-refractivity contribution >= 4 is 21.6 Å². The van der Waals surface area contributed by atoms with E-state index in [0.29, 0.717) is 36.1 Å². The standard InChI is InChI=1S/C28H34N2O5S/c1-21(2)23-13-15-24(16-14-23)30(36(32,33)25-10-6-5-7-11-25)20-28(31)29-18-8-9-22-12-17-26(34-3)27(19-22)35-4/h5-7,10-17,19,21H,8-9,18,20H2,1-4H3,(H,29,31). The maximum atomic E-state index is 13.4. The fourth-order valence-electron chi connectivity index (χ4n) is 3.80. The smallest absolute Gasteiger partial charge is 0.264 e. The fourth-order valence-corrected chi connectivity index (χ4v) is 5.25. The lowest BCUT2D eigenvalue weighted by molar-refractivity contribution is -0.119. The summed E-state index contributed by atoms with van der Waals surface area (Å²) in [5.74, 6) is 1.27. The topological polar surface area (TPSA) is 84.9 Å². The summed E-state index contributed by atoms with van der Waals surface area (Å²) in [6.07, 6.45) is 1.42. The summed E-state index contributed by atoms with van der Waals surface area (Å²) < 4.78 is 38.6. The van der Waals surface area contributed by atoms with Crippen LogP contribution in [0.1, 0.15) is 37.3 Å². The lowest BCUT2D eigenvalue weighted by atomic mass is 10.0. The molecule has 36 heavy (non-hydrogen) atoms. The molecule has 1 N–H and O–H groups in total. The molecule has 0 fully saturated rings. The number of nitrogens with zero attached hydrogens (tertiary/aromatic N) is 1. The van der Waals surface area contributed by atoms with Crippen LogP contribution >= 0.6 is 0 Å². The minimum Gasteiger partial charge on any atom is -0.493 e. The molecule has 0 aliphatic heterocycles. The zero-order valence-corrected chi connectivity index (χ0v) is 22.0. The lowest BCUT2D eigenvalue weighted by Crippen LogP contribution is -2.41. The van der Waals surface area contributed by atoms with Gasteiger partial charge in [0.05, 0.1) is 24.8 Å². The minimum absolute atomic E-state index is 0.138. The molecule has 0 aromatic heterocycles. The number of hydrogen-bond donors (Lipinski definition) is 1. The highest BCUT2D eigenvalue weighted by Crippen LogP contribution is 2.28. The van der Waals surface area contributed by atoms with Crippen LogP contribution in [0.15, 0.2) is 77.7 Å². The number of carbonyl (C=O) groups excluding carboxylic acids is 1. The number of anilines is 1. The highest BCUT2D eigenvalue weighted by Gasteiger charge is 2.27. The zero-order chi connectivity index (χ0) is 26.1. The quantitative estimate of drug-likeness (QED) is 0.355. The molecule has 8 heteroatoms. The van der Waals surface area contributed by atoms with E-state index in [1.807, 2.05) is 30.3 Å². The van der Waals surface area contributed by atoms with Crippen molar-refractivity contribution < 1.29 is 22.7 Å². The molecule has 0 radical (unpaired) electrons. The van der Waals surface area contributed by atoms with E-state index in [2.05, 4.69) is 19.2 Å². The number of aryl methyl sites for hydroxylation is 1. The van der Waals surface area contributed by atoms with Crippen LogP contribution in [0.5, 0.6) is 11.5 Å². The first-order chi connectivity index (χ1) is 17.3. The summed E-state index contributed by atoms with van der Waals surface area (Å²) >= 11 is 0. The first-order valence-corrected chi connectivity index (χ1v) is 13.4. The van der Waals surface area contributed by atoms with Gasteiger partial charge in [-0.2, -0.15) is 0 Å². The number of amides is 1. The highest BCUT2D eigenvalue weighted by molar-refractivity contribution is 7.92. The molecule has 1 amide bonds. The van der Waals surface area contributed by atoms with Crippen molar-refractivity contribution in [3.05, 3.63) is 83.9 Å². The van der Waals surface area contributed by atoms with Crippen LogP contribution in [0.4, 0.5) is 5.69 Å². The molecule has 3 aromatic carbocycles. The molecule has 0 saturated carbocycles. The molecule has 3 rings (SSSR count). The van der Waals surface area contributed by atoms with E-state index >= 15 is 0 Å². The molecule has 7 nitrogen and oxygen atoms in total. The van der Waals surface area contributed by atoms with Crippen molar-refractivity contribution in [3.63, 3.8) is 0 Å². The van der Waals surface area contributed by atoms with Gasteiger partial charge in [0.2, 0.25) is 5.91 Å². The fraction of sp³-hybridized carbons (Fsp3) is 0.321. The largest absolute Gasteiger partial charge is 0.493 e. The van der Waals surface area contributed by atoms with Gasteiger partial charge in [-0.05, 0) is 66.3 Å². The average molecular weight is 511 g/mol. The highest BCUT2D eigenvalue weighted by atomic mass is 32.2. The molecule has 0 bridgehead atoms. The molecule has 0 atom stereocenters. The van der Waals surface area contributed by atoms with Crippen LogP contribution in [0.2, 0.25) is 0 Å². The summed E-state index contributed by atoms with van der Waals surface area (Å²) in [4.78, 5) is 13.0. The summed E-state index contributed by atoms with van der Waals surface area (Å²) in [6.45, 7) is 4.25. The monoisotopic (exact) mass is 510 g/mol. The summed E-state index contributed by atoms with van der Waals surface area (Å²) in [5.41, 5.74) is 2.60. The van der Waals surface area contributed by atoms with Crippen molar-refractivity contribution in [3.8, 4) is 11.5 Å². The molecule has 0 aliphatic rings. The van der Waals surface area contributed by atoms with Crippen LogP contribution in [0, 0.1) is 0 Å². The lowest BCUT2D eigenvalue weighted by Gasteiger charge is -2.24. The Labute approximate surface area is 214 Å². The second-order valence-electron chi connectivity index (χ2n) is 8.71. The van der Waals surface area contributed by atoms with Crippen molar-refractivity contribution in [1.29, 1.82) is 0 Å². The number of methoxy groups -OCH3 is 2. The van der Waals surface area contributed by atoms with Crippen molar-refractivity contribution in [2.24, 2.45) is 0 Å². The Morgan fingerprint density at radius 2 is 1.58 bits per heavy atom. The molecule has 0 heterocycles. The van der Waals surface area contributed by atoms with Crippen molar-refractivity contribution in [1.82, 2.24) is 5.32 Å². The van der Waals surface area contributed by atoms with Gasteiger partial charge in [0.25, 0.3) is 10.0 Å². The predicted molar refractivity (Wildman–Crippen MR) is 142 cm³/mol. The zero-order valence-electron chi connectivity index (χ0n) is 21.2. The second-order valence-corrected chi connectivity index (χ2v) is 10.6. The molecule has 0 spiro atoms. The Bertz CT molecular complexity index is 1240. The van der Waals surface area contributed by atoms with Crippen LogP contribution in [0.25, 0.3) is 0 Å². The second kappa shape index (κ2) is 12.4. The van der Waals surface area contributed by atoms with Gasteiger partial charge >= 0.3 is 0 Å². The summed E-state index contributed by atoms with van der Waals surface area (Å²) in [5, 5.41) is 2.86. The van der Waals surface area contributed by atoms with E-state index < -0.39 is 10.0 Å². The van der Waals surface area contributed by atoms with Gasteiger partial charge in [0.15, 0.2) is 11.5 Å². The van der Waals surface area contributed by atoms with Gasteiger partial charge in [-0.15, -0.1) is 0 Å². The Hall–Kier alpha value is -3.52. The Balaban J connectivity index is 1.68. The van der Waals surface area contributed by atoms with Crippen LogP contribution < -0.4 is 19.1 Å². The van der Waals surface area contributed by atoms with E-state index in [1.165, 1.54) is 12.1 Å². The van der Waals surface area contributed by atoms with E-state index in [9.17, 15) is 13.2 Å². The molecule has 192 valence electrons. The first-order valence-electron chi connectivity index (χ1n) is 11.9. The van der Waals surface area contributed by atoms with Crippen molar-refractivity contribution in [2.45, 2.75) is 37.5 Å². The van der Waals surface area contributed by atoms with E-state index in [4.69, 9.17) is 9.47 Å². The van der Waals surface area contributed by atoms with Gasteiger partial charge in [-0.1, -0.05) is 50.2 Å². The molecule has 0 unspecified atom stereocenters. The average Bonchev–Trinajstić information content (AvgIpc) is 2.90. The Kier molecular flexibility index (Phi) is 9.36. The summed E-state index contributed by atoms with van der Waals surface area (Å²) in [6, 6.07) is 21.2. The number of ether oxygens (including phenoxy) is 2. The molecule has 3 aromatic rings. The third-order valence-electron chi connectivity index (χ3n) is 5.88. The maximum Gasteiger partial charge on any atom is 0.264 e. The van der Waals surface area contributed by atoms with E-state index in [1.54, 1.807) is 44.6 Å². The number of sulfonamides is 1. The first kappa shape index (κ1) is 27.1.